The van der Waals surface area contributed by atoms with Crippen LogP contribution in [-0.2, 0) is 6.61 Å². The van der Waals surface area contributed by atoms with Crippen LogP contribution < -0.4 is 14.8 Å². The minimum atomic E-state index is -0.194. The Morgan fingerprint density at radius 2 is 1.86 bits per heavy atom. The predicted molar refractivity (Wildman–Crippen MR) is 112 cm³/mol. The molecule has 0 radical (unpaired) electrons. The molecule has 0 atom stereocenters. The Bertz CT molecular complexity index is 1150. The summed E-state index contributed by atoms with van der Waals surface area (Å²) in [6, 6.07) is 18.3. The Labute approximate surface area is 168 Å². The normalized spacial score (nSPS) is 10.7. The highest BCUT2D eigenvalue weighted by atomic mass is 16.5. The molecule has 2 heterocycles. The number of pyridine rings is 1. The molecular formula is C23H21N3O3. The van der Waals surface area contributed by atoms with Gasteiger partial charge in [-0.05, 0) is 55.0 Å². The molecule has 0 unspecified atom stereocenters. The third-order valence-corrected chi connectivity index (χ3v) is 4.48. The highest BCUT2D eigenvalue weighted by molar-refractivity contribution is 6.04. The smallest absolute Gasteiger partial charge is 0.255 e. The fourth-order valence-corrected chi connectivity index (χ4v) is 2.99. The largest absolute Gasteiger partial charge is 0.497 e. The van der Waals surface area contributed by atoms with E-state index in [1.807, 2.05) is 54.0 Å². The second kappa shape index (κ2) is 8.06. The summed E-state index contributed by atoms with van der Waals surface area (Å²) < 4.78 is 13.0. The van der Waals surface area contributed by atoms with Gasteiger partial charge in [-0.1, -0.05) is 12.1 Å². The highest BCUT2D eigenvalue weighted by Crippen LogP contribution is 2.19. The molecule has 6 nitrogen and oxygen atoms in total. The van der Waals surface area contributed by atoms with Gasteiger partial charge in [0.2, 0.25) is 0 Å². The summed E-state index contributed by atoms with van der Waals surface area (Å²) in [4.78, 5) is 17.0. The number of imidazole rings is 1. The van der Waals surface area contributed by atoms with Crippen LogP contribution in [0.3, 0.4) is 0 Å². The average Bonchev–Trinajstić information content (AvgIpc) is 3.14. The van der Waals surface area contributed by atoms with Crippen molar-refractivity contribution in [2.75, 3.05) is 12.4 Å². The zero-order chi connectivity index (χ0) is 20.2. The van der Waals surface area contributed by atoms with Crippen LogP contribution in [0.1, 0.15) is 21.6 Å². The van der Waals surface area contributed by atoms with Crippen molar-refractivity contribution in [2.45, 2.75) is 13.5 Å². The standard InChI is InChI=1S/C23H21N3O3/c1-16-6-11-22-24-19(14-26(22)13-16)15-29-20-9-7-17(8-10-20)23(27)25-18-4-3-5-21(12-18)28-2/h3-14H,15H2,1-2H3,(H,25,27). The van der Waals surface area contributed by atoms with Gasteiger partial charge in [-0.15, -0.1) is 0 Å². The molecule has 4 aromatic rings. The molecule has 1 amide bonds. The number of fused-ring (bicyclic) bond motifs is 1. The maximum Gasteiger partial charge on any atom is 0.255 e. The van der Waals surface area contributed by atoms with Crippen LogP contribution in [0.5, 0.6) is 11.5 Å². The number of nitrogens with one attached hydrogen (secondary N) is 1. The van der Waals surface area contributed by atoms with Gasteiger partial charge in [0.05, 0.1) is 12.8 Å². The predicted octanol–water partition coefficient (Wildman–Crippen LogP) is 4.48. The van der Waals surface area contributed by atoms with Gasteiger partial charge in [-0.2, -0.15) is 0 Å². The molecule has 0 aliphatic rings. The topological polar surface area (TPSA) is 64.9 Å². The monoisotopic (exact) mass is 387 g/mol. The lowest BCUT2D eigenvalue weighted by molar-refractivity contribution is 0.102. The van der Waals surface area contributed by atoms with Crippen molar-refractivity contribution in [1.82, 2.24) is 9.38 Å². The third kappa shape index (κ3) is 4.38. The molecular weight excluding hydrogens is 366 g/mol. The third-order valence-electron chi connectivity index (χ3n) is 4.48. The van der Waals surface area contributed by atoms with Crippen molar-refractivity contribution in [3.05, 3.63) is 89.9 Å². The molecule has 4 rings (SSSR count). The van der Waals surface area contributed by atoms with E-state index in [9.17, 15) is 4.79 Å². The summed E-state index contributed by atoms with van der Waals surface area (Å²) in [5.74, 6) is 1.17. The SMILES string of the molecule is COc1cccc(NC(=O)c2ccc(OCc3cn4cc(C)ccc4n3)cc2)c1. The minimum absolute atomic E-state index is 0.194. The van der Waals surface area contributed by atoms with Crippen LogP contribution >= 0.6 is 0 Å². The van der Waals surface area contributed by atoms with Crippen LogP contribution in [0.4, 0.5) is 5.69 Å². The first kappa shape index (κ1) is 18.6. The van der Waals surface area contributed by atoms with Gasteiger partial charge in [0, 0.05) is 29.7 Å². The van der Waals surface area contributed by atoms with Gasteiger partial charge in [0.15, 0.2) is 0 Å². The number of methoxy groups -OCH3 is 1. The molecule has 0 saturated heterocycles. The lowest BCUT2D eigenvalue weighted by Crippen LogP contribution is -2.11. The van der Waals surface area contributed by atoms with Crippen LogP contribution in [-0.4, -0.2) is 22.4 Å². The van der Waals surface area contributed by atoms with Gasteiger partial charge in [0.25, 0.3) is 5.91 Å². The average molecular weight is 387 g/mol. The van der Waals surface area contributed by atoms with Crippen molar-refractivity contribution in [3.8, 4) is 11.5 Å². The number of hydrogen-bond acceptors (Lipinski definition) is 4. The second-order valence-corrected chi connectivity index (χ2v) is 6.70. The van der Waals surface area contributed by atoms with E-state index >= 15 is 0 Å². The Morgan fingerprint density at radius 1 is 1.03 bits per heavy atom. The molecule has 0 bridgehead atoms. The van der Waals surface area contributed by atoms with E-state index in [0.717, 1.165) is 11.3 Å². The van der Waals surface area contributed by atoms with Crippen LogP contribution in [0.25, 0.3) is 5.65 Å². The van der Waals surface area contributed by atoms with Crippen molar-refractivity contribution in [1.29, 1.82) is 0 Å². The maximum absolute atomic E-state index is 12.4. The van der Waals surface area contributed by atoms with Crippen LogP contribution in [0, 0.1) is 6.92 Å². The van der Waals surface area contributed by atoms with Crippen molar-refractivity contribution >= 4 is 17.2 Å². The zero-order valence-electron chi connectivity index (χ0n) is 16.3. The van der Waals surface area contributed by atoms with E-state index in [4.69, 9.17) is 9.47 Å². The van der Waals surface area contributed by atoms with Gasteiger partial charge >= 0.3 is 0 Å². The summed E-state index contributed by atoms with van der Waals surface area (Å²) in [6.07, 6.45) is 3.99. The van der Waals surface area contributed by atoms with E-state index in [0.29, 0.717) is 29.4 Å². The van der Waals surface area contributed by atoms with Gasteiger partial charge in [-0.3, -0.25) is 4.79 Å². The molecule has 1 N–H and O–H groups in total. The fraction of sp³-hybridized carbons (Fsp3) is 0.130. The lowest BCUT2D eigenvalue weighted by atomic mass is 10.2. The summed E-state index contributed by atoms with van der Waals surface area (Å²) in [5, 5.41) is 2.86. The number of aryl methyl sites for hydroxylation is 1. The Morgan fingerprint density at radius 3 is 2.66 bits per heavy atom. The minimum Gasteiger partial charge on any atom is -0.497 e. The van der Waals surface area contributed by atoms with Crippen molar-refractivity contribution in [3.63, 3.8) is 0 Å². The Balaban J connectivity index is 1.38. The van der Waals surface area contributed by atoms with Crippen molar-refractivity contribution < 1.29 is 14.3 Å². The fourth-order valence-electron chi connectivity index (χ4n) is 2.99. The number of benzene rings is 2. The van der Waals surface area contributed by atoms with Crippen molar-refractivity contribution in [2.24, 2.45) is 0 Å². The number of nitrogens with zero attached hydrogens (tertiary/aromatic N) is 2. The molecule has 0 spiro atoms. The Kier molecular flexibility index (Phi) is 5.16. The lowest BCUT2D eigenvalue weighted by Gasteiger charge is -2.08. The number of hydrogen-bond donors (Lipinski definition) is 1. The van der Waals surface area contributed by atoms with Gasteiger partial charge in [-0.25, -0.2) is 4.98 Å². The molecule has 0 fully saturated rings. The number of carbonyl (C=O) groups excluding carboxylic acids is 1. The maximum atomic E-state index is 12.4. The first-order valence-corrected chi connectivity index (χ1v) is 9.23. The molecule has 6 heteroatoms. The number of anilines is 1. The van der Waals surface area contributed by atoms with E-state index in [1.165, 1.54) is 5.56 Å². The summed E-state index contributed by atoms with van der Waals surface area (Å²) in [6.45, 7) is 2.40. The van der Waals surface area contributed by atoms with Gasteiger partial charge < -0.3 is 19.2 Å². The number of aromatic nitrogens is 2. The first-order chi connectivity index (χ1) is 14.1. The van der Waals surface area contributed by atoms with E-state index < -0.39 is 0 Å². The summed E-state index contributed by atoms with van der Waals surface area (Å²) >= 11 is 0. The number of ether oxygens (including phenoxy) is 2. The first-order valence-electron chi connectivity index (χ1n) is 9.23. The molecule has 0 saturated carbocycles. The number of amides is 1. The quantitative estimate of drug-likeness (QED) is 0.530. The second-order valence-electron chi connectivity index (χ2n) is 6.70. The van der Waals surface area contributed by atoms with Crippen LogP contribution in [0.15, 0.2) is 73.1 Å². The molecule has 0 aliphatic carbocycles. The molecule has 0 aliphatic heterocycles. The molecule has 29 heavy (non-hydrogen) atoms. The highest BCUT2D eigenvalue weighted by Gasteiger charge is 2.08. The molecule has 146 valence electrons. The summed E-state index contributed by atoms with van der Waals surface area (Å²) in [5.41, 5.74) is 4.12. The number of rotatable bonds is 6. The van der Waals surface area contributed by atoms with E-state index in [1.54, 1.807) is 37.4 Å². The van der Waals surface area contributed by atoms with Crippen LogP contribution in [0.2, 0.25) is 0 Å². The zero-order valence-corrected chi connectivity index (χ0v) is 16.3. The van der Waals surface area contributed by atoms with E-state index in [2.05, 4.69) is 10.3 Å². The Hall–Kier alpha value is -3.80. The van der Waals surface area contributed by atoms with E-state index in [-0.39, 0.29) is 5.91 Å². The number of carbonyl (C=O) groups is 1. The molecule has 2 aromatic carbocycles. The molecule has 2 aromatic heterocycles. The summed E-state index contributed by atoms with van der Waals surface area (Å²) in [7, 11) is 1.59. The van der Waals surface area contributed by atoms with Gasteiger partial charge in [0.1, 0.15) is 23.8 Å².